The summed E-state index contributed by atoms with van der Waals surface area (Å²) in [4.78, 5) is 6.23. The average molecular weight is 339 g/mol. The molecule has 2 aromatic rings. The van der Waals surface area contributed by atoms with Crippen LogP contribution in [0.5, 0.6) is 0 Å². The predicted octanol–water partition coefficient (Wildman–Crippen LogP) is 4.02. The zero-order valence-electron chi connectivity index (χ0n) is 12.5. The van der Waals surface area contributed by atoms with E-state index in [1.54, 1.807) is 12.4 Å². The van der Waals surface area contributed by atoms with Gasteiger partial charge in [0.25, 0.3) is 0 Å². The van der Waals surface area contributed by atoms with Crippen LogP contribution in [0.4, 0.5) is 0 Å². The highest BCUT2D eigenvalue weighted by Gasteiger charge is 2.15. The van der Waals surface area contributed by atoms with Crippen molar-refractivity contribution in [2.24, 2.45) is 5.92 Å². The Morgan fingerprint density at radius 3 is 2.32 bits per heavy atom. The van der Waals surface area contributed by atoms with Crippen LogP contribution in [0.1, 0.15) is 18.1 Å². The van der Waals surface area contributed by atoms with E-state index in [-0.39, 0.29) is 12.5 Å². The van der Waals surface area contributed by atoms with Crippen molar-refractivity contribution in [1.82, 2.24) is 9.88 Å². The lowest BCUT2D eigenvalue weighted by Crippen LogP contribution is -2.29. The van der Waals surface area contributed by atoms with E-state index >= 15 is 0 Å². The summed E-state index contributed by atoms with van der Waals surface area (Å²) in [7, 11) is 0. The van der Waals surface area contributed by atoms with Gasteiger partial charge in [-0.2, -0.15) is 0 Å². The first-order valence-electron chi connectivity index (χ1n) is 7.25. The molecule has 0 aliphatic rings. The van der Waals surface area contributed by atoms with Gasteiger partial charge >= 0.3 is 0 Å². The highest BCUT2D eigenvalue weighted by atomic mass is 35.5. The Kier molecular flexibility index (Phi) is 6.65. The zero-order valence-corrected chi connectivity index (χ0v) is 14.1. The number of nitrogens with zero attached hydrogens (tertiary/aromatic N) is 2. The van der Waals surface area contributed by atoms with E-state index in [1.165, 1.54) is 5.56 Å². The molecule has 0 radical (unpaired) electrons. The van der Waals surface area contributed by atoms with E-state index in [1.807, 2.05) is 25.1 Å². The molecule has 0 bridgehead atoms. The molecule has 1 aromatic carbocycles. The lowest BCUT2D eigenvalue weighted by Gasteiger charge is -2.26. The second-order valence-electron chi connectivity index (χ2n) is 5.52. The number of rotatable bonds is 7. The van der Waals surface area contributed by atoms with Crippen LogP contribution in [0.2, 0.25) is 10.0 Å². The van der Waals surface area contributed by atoms with Gasteiger partial charge in [-0.05, 0) is 11.5 Å². The van der Waals surface area contributed by atoms with Gasteiger partial charge in [-0.3, -0.25) is 9.88 Å². The first-order valence-corrected chi connectivity index (χ1v) is 8.00. The third-order valence-corrected chi connectivity index (χ3v) is 4.12. The van der Waals surface area contributed by atoms with Crippen molar-refractivity contribution < 1.29 is 5.11 Å². The number of halogens is 2. The smallest absolute Gasteiger partial charge is 0.0649 e. The van der Waals surface area contributed by atoms with Crippen molar-refractivity contribution in [3.05, 3.63) is 63.9 Å². The lowest BCUT2D eigenvalue weighted by atomic mass is 10.1. The normalized spacial score (nSPS) is 12.6. The van der Waals surface area contributed by atoms with Crippen LogP contribution in [-0.4, -0.2) is 28.1 Å². The average Bonchev–Trinajstić information content (AvgIpc) is 2.51. The fraction of sp³-hybridized carbons (Fsp3) is 0.353. The first-order chi connectivity index (χ1) is 10.6. The predicted molar refractivity (Wildman–Crippen MR) is 91.1 cm³/mol. The number of aliphatic hydroxyl groups excluding tert-OH is 1. The van der Waals surface area contributed by atoms with Crippen LogP contribution in [-0.2, 0) is 13.1 Å². The number of benzene rings is 1. The van der Waals surface area contributed by atoms with Crippen LogP contribution in [0.25, 0.3) is 0 Å². The lowest BCUT2D eigenvalue weighted by molar-refractivity contribution is 0.163. The molecular formula is C17H20Cl2N2O. The molecule has 3 nitrogen and oxygen atoms in total. The fourth-order valence-corrected chi connectivity index (χ4v) is 2.82. The molecule has 1 aromatic heterocycles. The summed E-state index contributed by atoms with van der Waals surface area (Å²) >= 11 is 12.4. The van der Waals surface area contributed by atoms with E-state index < -0.39 is 0 Å². The van der Waals surface area contributed by atoms with Crippen LogP contribution in [0.15, 0.2) is 42.7 Å². The maximum Gasteiger partial charge on any atom is 0.0649 e. The summed E-state index contributed by atoms with van der Waals surface area (Å²) < 4.78 is 0. The molecule has 22 heavy (non-hydrogen) atoms. The molecule has 0 fully saturated rings. The summed E-state index contributed by atoms with van der Waals surface area (Å²) in [5.74, 6) is 0.183. The Labute approximate surface area is 141 Å². The van der Waals surface area contributed by atoms with Crippen molar-refractivity contribution in [3.8, 4) is 0 Å². The van der Waals surface area contributed by atoms with E-state index in [0.717, 1.165) is 18.7 Å². The molecule has 118 valence electrons. The Balaban J connectivity index is 2.17. The molecule has 5 heteroatoms. The Morgan fingerprint density at radius 2 is 1.73 bits per heavy atom. The SMILES string of the molecule is C[C@H](CO)CN(Cc1ccccc1)Cc1c(Cl)cncc1Cl. The number of aromatic nitrogens is 1. The van der Waals surface area contributed by atoms with Gasteiger partial charge in [0.1, 0.15) is 0 Å². The molecule has 0 aliphatic carbocycles. The van der Waals surface area contributed by atoms with Crippen LogP contribution in [0, 0.1) is 5.92 Å². The highest BCUT2D eigenvalue weighted by Crippen LogP contribution is 2.25. The molecule has 0 spiro atoms. The van der Waals surface area contributed by atoms with Gasteiger partial charge in [-0.15, -0.1) is 0 Å². The van der Waals surface area contributed by atoms with Crippen molar-refractivity contribution in [3.63, 3.8) is 0 Å². The van der Waals surface area contributed by atoms with Crippen LogP contribution in [0.3, 0.4) is 0 Å². The zero-order chi connectivity index (χ0) is 15.9. The van der Waals surface area contributed by atoms with Gasteiger partial charge in [0.15, 0.2) is 0 Å². The van der Waals surface area contributed by atoms with Gasteiger partial charge in [-0.1, -0.05) is 60.5 Å². The minimum Gasteiger partial charge on any atom is -0.396 e. The standard InChI is InChI=1S/C17H20Cl2N2O/c1-13(12-22)9-21(10-14-5-3-2-4-6-14)11-15-16(18)7-20-8-17(15)19/h2-8,13,22H,9-12H2,1H3/t13-/m0/s1. The van der Waals surface area contributed by atoms with E-state index in [2.05, 4.69) is 22.0 Å². The Hall–Kier alpha value is -1.13. The molecule has 1 N–H and O–H groups in total. The molecule has 0 unspecified atom stereocenters. The molecule has 0 aliphatic heterocycles. The summed E-state index contributed by atoms with van der Waals surface area (Å²) in [6, 6.07) is 10.2. The minimum atomic E-state index is 0.156. The van der Waals surface area contributed by atoms with Crippen LogP contribution >= 0.6 is 23.2 Å². The van der Waals surface area contributed by atoms with Crippen molar-refractivity contribution in [2.45, 2.75) is 20.0 Å². The van der Waals surface area contributed by atoms with Gasteiger partial charge in [0.2, 0.25) is 0 Å². The number of hydrogen-bond acceptors (Lipinski definition) is 3. The number of pyridine rings is 1. The summed E-state index contributed by atoms with van der Waals surface area (Å²) in [6.45, 7) is 4.34. The first kappa shape index (κ1) is 17.2. The Morgan fingerprint density at radius 1 is 1.09 bits per heavy atom. The van der Waals surface area contributed by atoms with Crippen molar-refractivity contribution in [1.29, 1.82) is 0 Å². The molecule has 2 rings (SSSR count). The highest BCUT2D eigenvalue weighted by molar-refractivity contribution is 6.35. The summed E-state index contributed by atoms with van der Waals surface area (Å²) in [6.07, 6.45) is 3.22. The topological polar surface area (TPSA) is 36.4 Å². The number of aliphatic hydroxyl groups is 1. The van der Waals surface area contributed by atoms with Gasteiger partial charge < -0.3 is 5.11 Å². The van der Waals surface area contributed by atoms with Gasteiger partial charge in [0, 0.05) is 44.2 Å². The molecule has 0 saturated heterocycles. The molecule has 1 heterocycles. The third kappa shape index (κ3) is 4.96. The van der Waals surface area contributed by atoms with Crippen LogP contribution < -0.4 is 0 Å². The third-order valence-electron chi connectivity index (χ3n) is 3.46. The van der Waals surface area contributed by atoms with Gasteiger partial charge in [-0.25, -0.2) is 0 Å². The second kappa shape index (κ2) is 8.49. The maximum absolute atomic E-state index is 9.34. The molecule has 0 amide bonds. The maximum atomic E-state index is 9.34. The molecule has 0 saturated carbocycles. The van der Waals surface area contributed by atoms with E-state index in [0.29, 0.717) is 16.6 Å². The van der Waals surface area contributed by atoms with Crippen molar-refractivity contribution >= 4 is 23.2 Å². The summed E-state index contributed by atoms with van der Waals surface area (Å²) in [5.41, 5.74) is 2.09. The minimum absolute atomic E-state index is 0.156. The largest absolute Gasteiger partial charge is 0.396 e. The summed E-state index contributed by atoms with van der Waals surface area (Å²) in [5, 5.41) is 10.5. The van der Waals surface area contributed by atoms with E-state index in [4.69, 9.17) is 23.2 Å². The van der Waals surface area contributed by atoms with Gasteiger partial charge in [0.05, 0.1) is 10.0 Å². The molecule has 1 atom stereocenters. The quantitative estimate of drug-likeness (QED) is 0.828. The second-order valence-corrected chi connectivity index (χ2v) is 6.34. The fourth-order valence-electron chi connectivity index (χ4n) is 2.34. The molecular weight excluding hydrogens is 319 g/mol. The van der Waals surface area contributed by atoms with E-state index in [9.17, 15) is 5.11 Å². The Bertz CT molecular complexity index is 572. The monoisotopic (exact) mass is 338 g/mol. The van der Waals surface area contributed by atoms with Crippen molar-refractivity contribution in [2.75, 3.05) is 13.2 Å². The number of hydrogen-bond donors (Lipinski definition) is 1.